The smallest absolute Gasteiger partial charge is 0.366 e. The molecule has 39 heavy (non-hydrogen) atoms. The zero-order valence-corrected chi connectivity index (χ0v) is 22.3. The number of hydrogen-bond acceptors (Lipinski definition) is 5. The van der Waals surface area contributed by atoms with Gasteiger partial charge in [0.25, 0.3) is 5.91 Å². The maximum Gasteiger partial charge on any atom is 0.435 e. The first-order valence-corrected chi connectivity index (χ1v) is 12.9. The monoisotopic (exact) mass is 593 g/mol. The van der Waals surface area contributed by atoms with Gasteiger partial charge in [-0.3, -0.25) is 19.3 Å². The van der Waals surface area contributed by atoms with Gasteiger partial charge in [-0.2, -0.15) is 43.2 Å². The summed E-state index contributed by atoms with van der Waals surface area (Å²) in [4.78, 5) is 31.3. The predicted molar refractivity (Wildman–Crippen MR) is 135 cm³/mol. The third kappa shape index (κ3) is 6.67. The number of benzene rings is 1. The molecule has 15 heteroatoms. The maximum absolute atomic E-state index is 13.7. The molecule has 2 N–H and O–H groups in total. The van der Waals surface area contributed by atoms with Crippen LogP contribution in [0.5, 0.6) is 0 Å². The van der Waals surface area contributed by atoms with Crippen molar-refractivity contribution in [2.24, 2.45) is 5.73 Å². The molecule has 0 aliphatic rings. The van der Waals surface area contributed by atoms with Crippen molar-refractivity contribution in [3.05, 3.63) is 75.3 Å². The van der Waals surface area contributed by atoms with Gasteiger partial charge >= 0.3 is 12.4 Å². The van der Waals surface area contributed by atoms with Crippen molar-refractivity contribution in [2.75, 3.05) is 16.9 Å². The summed E-state index contributed by atoms with van der Waals surface area (Å²) in [5, 5.41) is 3.08. The van der Waals surface area contributed by atoms with Gasteiger partial charge < -0.3 is 10.6 Å². The van der Waals surface area contributed by atoms with Crippen molar-refractivity contribution in [3.8, 4) is 0 Å². The molecule has 2 amide bonds. The molecule has 0 saturated carbocycles. The van der Waals surface area contributed by atoms with Crippen LogP contribution in [0.3, 0.4) is 0 Å². The Morgan fingerprint density at radius 2 is 1.79 bits per heavy atom. The highest BCUT2D eigenvalue weighted by molar-refractivity contribution is 7.98. The number of nitrogens with two attached hydrogens (primary N) is 1. The van der Waals surface area contributed by atoms with E-state index in [1.54, 1.807) is 6.92 Å². The minimum atomic E-state index is -5.09. The number of aryl methyl sites for hydroxylation is 1. The van der Waals surface area contributed by atoms with Crippen molar-refractivity contribution in [2.45, 2.75) is 38.8 Å². The van der Waals surface area contributed by atoms with Crippen molar-refractivity contribution in [3.63, 3.8) is 0 Å². The fraction of sp³-hybridized carbons (Fsp3) is 0.333. The second-order valence-corrected chi connectivity index (χ2v) is 9.80. The Labute approximate surface area is 228 Å². The zero-order valence-electron chi connectivity index (χ0n) is 20.7. The molecule has 0 unspecified atom stereocenters. The highest BCUT2D eigenvalue weighted by atomic mass is 35.5. The fourth-order valence-electron chi connectivity index (χ4n) is 3.94. The lowest BCUT2D eigenvalue weighted by molar-refractivity contribution is -0.144. The average Bonchev–Trinajstić information content (AvgIpc) is 3.25. The van der Waals surface area contributed by atoms with Gasteiger partial charge in [0, 0.05) is 17.9 Å². The molecule has 0 saturated heterocycles. The number of halogens is 7. The minimum Gasteiger partial charge on any atom is -0.366 e. The number of anilines is 1. The first-order chi connectivity index (χ1) is 18.1. The lowest BCUT2D eigenvalue weighted by Crippen LogP contribution is -2.42. The Morgan fingerprint density at radius 1 is 1.13 bits per heavy atom. The van der Waals surface area contributed by atoms with Crippen molar-refractivity contribution < 1.29 is 35.9 Å². The molecular formula is C24H22ClF6N5O2S. The molecule has 1 atom stereocenters. The van der Waals surface area contributed by atoms with E-state index in [0.717, 1.165) is 0 Å². The molecule has 210 valence electrons. The summed E-state index contributed by atoms with van der Waals surface area (Å²) < 4.78 is 79.5. The van der Waals surface area contributed by atoms with Crippen LogP contribution in [0.1, 0.15) is 50.4 Å². The molecule has 0 radical (unpaired) electrons. The fourth-order valence-corrected chi connectivity index (χ4v) is 4.82. The third-order valence-electron chi connectivity index (χ3n) is 5.61. The number of hydrogen-bond donors (Lipinski definition) is 1. The van der Waals surface area contributed by atoms with E-state index in [1.807, 2.05) is 6.26 Å². The lowest BCUT2D eigenvalue weighted by atomic mass is 10.0. The van der Waals surface area contributed by atoms with E-state index in [9.17, 15) is 35.9 Å². The maximum atomic E-state index is 13.7. The van der Waals surface area contributed by atoms with E-state index in [4.69, 9.17) is 17.3 Å². The number of carbonyl (C=O) groups excluding carboxylic acids is 2. The zero-order chi connectivity index (χ0) is 29.3. The summed E-state index contributed by atoms with van der Waals surface area (Å²) in [6.07, 6.45) is -8.35. The summed E-state index contributed by atoms with van der Waals surface area (Å²) >= 11 is 7.69. The second kappa shape index (κ2) is 11.5. The van der Waals surface area contributed by atoms with E-state index in [-0.39, 0.29) is 44.0 Å². The molecule has 0 aliphatic carbocycles. The molecule has 1 aromatic carbocycles. The van der Waals surface area contributed by atoms with Crippen LogP contribution in [0, 0.1) is 6.92 Å². The Morgan fingerprint density at radius 3 is 2.33 bits per heavy atom. The molecule has 0 spiro atoms. The van der Waals surface area contributed by atoms with Gasteiger partial charge in [0.05, 0.1) is 39.8 Å². The normalized spacial score (nSPS) is 12.9. The van der Waals surface area contributed by atoms with Crippen LogP contribution in [0.4, 0.5) is 32.0 Å². The minimum absolute atomic E-state index is 0.0151. The lowest BCUT2D eigenvalue weighted by Gasteiger charge is -2.31. The molecule has 2 heterocycles. The standard InChI is InChI=1S/C24H22ClF6N5O2S/c1-12(11-39-3)36(22(38)20-15(21(32)37)5-4-6-16(20)25)17-8-7-14(33-13(17)2)10-35-19(24(29,30)31)9-18(34-35)23(26,27)28/h4-9,12H,10-11H2,1-3H3,(H2,32,37)/t12-/m0/s1. The SMILES string of the molecule is CSC[C@H](C)N(C(=O)c1c(Cl)cccc1C(N)=O)c1ccc(Cn2nc(C(F)(F)F)cc2C(F)(F)F)nc1C. The highest BCUT2D eigenvalue weighted by Gasteiger charge is 2.42. The quantitative estimate of drug-likeness (QED) is 0.332. The molecule has 0 bridgehead atoms. The first kappa shape index (κ1) is 30.3. The van der Waals surface area contributed by atoms with Gasteiger partial charge in [-0.05, 0) is 44.4 Å². The summed E-state index contributed by atoms with van der Waals surface area (Å²) in [7, 11) is 0. The second-order valence-electron chi connectivity index (χ2n) is 8.48. The van der Waals surface area contributed by atoms with Crippen LogP contribution in [0.25, 0.3) is 0 Å². The molecule has 7 nitrogen and oxygen atoms in total. The van der Waals surface area contributed by atoms with Crippen LogP contribution in [0.2, 0.25) is 5.02 Å². The van der Waals surface area contributed by atoms with Gasteiger partial charge in [0.2, 0.25) is 5.91 Å². The topological polar surface area (TPSA) is 94.1 Å². The van der Waals surface area contributed by atoms with Crippen molar-refractivity contribution >= 4 is 40.9 Å². The number of rotatable bonds is 8. The van der Waals surface area contributed by atoms with E-state index < -0.39 is 48.1 Å². The predicted octanol–water partition coefficient (Wildman–Crippen LogP) is 5.82. The largest absolute Gasteiger partial charge is 0.435 e. The summed E-state index contributed by atoms with van der Waals surface area (Å²) in [5.41, 5.74) is 2.37. The van der Waals surface area contributed by atoms with Gasteiger partial charge in [0.15, 0.2) is 5.69 Å². The number of primary amides is 1. The van der Waals surface area contributed by atoms with Crippen LogP contribution in [-0.4, -0.2) is 44.6 Å². The third-order valence-corrected chi connectivity index (χ3v) is 6.74. The Bertz CT molecular complexity index is 1390. The summed E-state index contributed by atoms with van der Waals surface area (Å²) in [6, 6.07) is 6.40. The van der Waals surface area contributed by atoms with E-state index in [1.165, 1.54) is 53.9 Å². The molecule has 0 fully saturated rings. The van der Waals surface area contributed by atoms with E-state index in [0.29, 0.717) is 5.75 Å². The average molecular weight is 594 g/mol. The molecule has 3 aromatic rings. The van der Waals surface area contributed by atoms with E-state index >= 15 is 0 Å². The Hall–Kier alpha value is -3.26. The van der Waals surface area contributed by atoms with E-state index in [2.05, 4.69) is 10.1 Å². The number of thioether (sulfide) groups is 1. The van der Waals surface area contributed by atoms with Crippen molar-refractivity contribution in [1.29, 1.82) is 0 Å². The van der Waals surface area contributed by atoms with Gasteiger partial charge in [-0.25, -0.2) is 0 Å². The number of carbonyl (C=O) groups is 2. The van der Waals surface area contributed by atoms with Crippen LogP contribution >= 0.6 is 23.4 Å². The van der Waals surface area contributed by atoms with Gasteiger partial charge in [0.1, 0.15) is 5.69 Å². The van der Waals surface area contributed by atoms with Crippen molar-refractivity contribution in [1.82, 2.24) is 14.8 Å². The highest BCUT2D eigenvalue weighted by Crippen LogP contribution is 2.36. The van der Waals surface area contributed by atoms with Gasteiger partial charge in [-0.1, -0.05) is 17.7 Å². The summed E-state index contributed by atoms with van der Waals surface area (Å²) in [5.74, 6) is -1.08. The van der Waals surface area contributed by atoms with Crippen LogP contribution in [0.15, 0.2) is 36.4 Å². The Balaban J connectivity index is 2.06. The van der Waals surface area contributed by atoms with Crippen LogP contribution in [-0.2, 0) is 18.9 Å². The number of amides is 2. The molecule has 3 rings (SSSR count). The number of alkyl halides is 6. The van der Waals surface area contributed by atoms with Gasteiger partial charge in [-0.15, -0.1) is 0 Å². The molecular weight excluding hydrogens is 572 g/mol. The number of nitrogens with zero attached hydrogens (tertiary/aromatic N) is 4. The first-order valence-electron chi connectivity index (χ1n) is 11.2. The van der Waals surface area contributed by atoms with Crippen LogP contribution < -0.4 is 10.6 Å². The molecule has 2 aromatic heterocycles. The number of pyridine rings is 1. The summed E-state index contributed by atoms with van der Waals surface area (Å²) in [6.45, 7) is 2.51. The number of aromatic nitrogens is 3. The Kier molecular flexibility index (Phi) is 8.90. The molecule has 0 aliphatic heterocycles.